The van der Waals surface area contributed by atoms with Crippen molar-refractivity contribution in [2.45, 2.75) is 12.8 Å². The summed E-state index contributed by atoms with van der Waals surface area (Å²) < 4.78 is 10.3. The van der Waals surface area contributed by atoms with E-state index in [2.05, 4.69) is 17.3 Å². The average molecular weight is 230 g/mol. The first-order valence-corrected chi connectivity index (χ1v) is 6.29. The van der Waals surface area contributed by atoms with Gasteiger partial charge in [0, 0.05) is 13.7 Å². The number of methoxy groups -OCH3 is 1. The van der Waals surface area contributed by atoms with Gasteiger partial charge >= 0.3 is 0 Å². The summed E-state index contributed by atoms with van der Waals surface area (Å²) in [6.45, 7) is 6.77. The molecule has 0 aromatic rings. The Morgan fingerprint density at radius 3 is 2.62 bits per heavy atom. The first-order chi connectivity index (χ1) is 7.83. The molecule has 16 heavy (non-hydrogen) atoms. The highest BCUT2D eigenvalue weighted by atomic mass is 16.5. The van der Waals surface area contributed by atoms with Crippen LogP contribution in [0.25, 0.3) is 0 Å². The van der Waals surface area contributed by atoms with Gasteiger partial charge in [0.15, 0.2) is 0 Å². The Hall–Kier alpha value is -0.160. The van der Waals surface area contributed by atoms with Gasteiger partial charge in [-0.15, -0.1) is 0 Å². The third-order valence-electron chi connectivity index (χ3n) is 3.13. The number of nitrogens with one attached hydrogen (secondary N) is 1. The lowest BCUT2D eigenvalue weighted by Crippen LogP contribution is -2.35. The second kappa shape index (κ2) is 8.93. The van der Waals surface area contributed by atoms with Crippen molar-refractivity contribution in [3.8, 4) is 0 Å². The van der Waals surface area contributed by atoms with E-state index in [9.17, 15) is 0 Å². The maximum atomic E-state index is 5.38. The molecule has 0 atom stereocenters. The molecule has 0 saturated carbocycles. The van der Waals surface area contributed by atoms with Crippen LogP contribution < -0.4 is 5.32 Å². The van der Waals surface area contributed by atoms with Gasteiger partial charge in [-0.2, -0.15) is 0 Å². The molecule has 0 unspecified atom stereocenters. The molecule has 1 fully saturated rings. The van der Waals surface area contributed by atoms with Gasteiger partial charge in [0.05, 0.1) is 19.8 Å². The van der Waals surface area contributed by atoms with Crippen molar-refractivity contribution in [2.24, 2.45) is 5.92 Å². The fourth-order valence-corrected chi connectivity index (χ4v) is 1.96. The SMILES string of the molecule is COCCOCCNCC1CCN(C)CC1. The zero-order chi connectivity index (χ0) is 11.6. The third-order valence-corrected chi connectivity index (χ3v) is 3.13. The lowest BCUT2D eigenvalue weighted by atomic mass is 9.97. The number of ether oxygens (including phenoxy) is 2. The van der Waals surface area contributed by atoms with Crippen molar-refractivity contribution in [3.05, 3.63) is 0 Å². The van der Waals surface area contributed by atoms with E-state index in [4.69, 9.17) is 9.47 Å². The van der Waals surface area contributed by atoms with E-state index in [0.29, 0.717) is 13.2 Å². The number of hydrogen-bond donors (Lipinski definition) is 1. The lowest BCUT2D eigenvalue weighted by Gasteiger charge is -2.29. The minimum Gasteiger partial charge on any atom is -0.382 e. The molecule has 1 aliphatic heterocycles. The average Bonchev–Trinajstić information content (AvgIpc) is 2.30. The summed E-state index contributed by atoms with van der Waals surface area (Å²) in [4.78, 5) is 2.41. The molecule has 1 saturated heterocycles. The molecule has 0 aromatic carbocycles. The zero-order valence-corrected chi connectivity index (χ0v) is 10.7. The van der Waals surface area contributed by atoms with Crippen molar-refractivity contribution < 1.29 is 9.47 Å². The Morgan fingerprint density at radius 2 is 1.94 bits per heavy atom. The van der Waals surface area contributed by atoms with Crippen molar-refractivity contribution in [1.29, 1.82) is 0 Å². The topological polar surface area (TPSA) is 33.7 Å². The molecule has 0 aliphatic carbocycles. The van der Waals surface area contributed by atoms with Crippen LogP contribution in [0.2, 0.25) is 0 Å². The standard InChI is InChI=1S/C12H26N2O2/c1-14-6-3-12(4-7-14)11-13-5-8-16-10-9-15-2/h12-13H,3-11H2,1-2H3. The van der Waals surface area contributed by atoms with Crippen LogP contribution in [-0.2, 0) is 9.47 Å². The Morgan fingerprint density at radius 1 is 1.19 bits per heavy atom. The Labute approximate surface area is 99.3 Å². The molecule has 1 N–H and O–H groups in total. The van der Waals surface area contributed by atoms with Gasteiger partial charge in [0.2, 0.25) is 0 Å². The normalized spacial score (nSPS) is 19.1. The van der Waals surface area contributed by atoms with Gasteiger partial charge in [0.1, 0.15) is 0 Å². The molecular weight excluding hydrogens is 204 g/mol. The largest absolute Gasteiger partial charge is 0.382 e. The molecule has 0 bridgehead atoms. The van der Waals surface area contributed by atoms with Gasteiger partial charge in [0.25, 0.3) is 0 Å². The van der Waals surface area contributed by atoms with Gasteiger partial charge in [-0.25, -0.2) is 0 Å². The fraction of sp³-hybridized carbons (Fsp3) is 1.00. The molecule has 1 heterocycles. The molecule has 96 valence electrons. The number of hydrogen-bond acceptors (Lipinski definition) is 4. The minimum absolute atomic E-state index is 0.689. The Bertz CT molecular complexity index is 159. The number of likely N-dealkylation sites (tertiary alicyclic amines) is 1. The van der Waals surface area contributed by atoms with E-state index in [0.717, 1.165) is 25.6 Å². The molecule has 1 rings (SSSR count). The first-order valence-electron chi connectivity index (χ1n) is 6.29. The van der Waals surface area contributed by atoms with E-state index in [1.165, 1.54) is 25.9 Å². The highest BCUT2D eigenvalue weighted by Gasteiger charge is 2.15. The predicted octanol–water partition coefficient (Wildman–Crippen LogP) is 0.581. The minimum atomic E-state index is 0.689. The van der Waals surface area contributed by atoms with Crippen molar-refractivity contribution in [3.63, 3.8) is 0 Å². The van der Waals surface area contributed by atoms with Crippen LogP contribution in [0.3, 0.4) is 0 Å². The van der Waals surface area contributed by atoms with E-state index < -0.39 is 0 Å². The molecule has 1 aliphatic rings. The van der Waals surface area contributed by atoms with Crippen LogP contribution in [0.5, 0.6) is 0 Å². The van der Waals surface area contributed by atoms with Crippen LogP contribution >= 0.6 is 0 Å². The highest BCUT2D eigenvalue weighted by Crippen LogP contribution is 2.14. The smallest absolute Gasteiger partial charge is 0.0700 e. The van der Waals surface area contributed by atoms with Crippen LogP contribution in [0.1, 0.15) is 12.8 Å². The monoisotopic (exact) mass is 230 g/mol. The fourth-order valence-electron chi connectivity index (χ4n) is 1.96. The predicted molar refractivity (Wildman–Crippen MR) is 65.8 cm³/mol. The lowest BCUT2D eigenvalue weighted by molar-refractivity contribution is 0.0713. The molecule has 0 spiro atoms. The molecule has 0 radical (unpaired) electrons. The summed E-state index contributed by atoms with van der Waals surface area (Å²) >= 11 is 0. The summed E-state index contributed by atoms with van der Waals surface area (Å²) in [5.41, 5.74) is 0. The summed E-state index contributed by atoms with van der Waals surface area (Å²) in [5.74, 6) is 0.857. The van der Waals surface area contributed by atoms with Crippen molar-refractivity contribution in [2.75, 3.05) is 60.2 Å². The molecule has 4 nitrogen and oxygen atoms in total. The van der Waals surface area contributed by atoms with Crippen LogP contribution in [-0.4, -0.2) is 65.1 Å². The van der Waals surface area contributed by atoms with Gasteiger partial charge in [-0.1, -0.05) is 0 Å². The molecule has 0 aromatic heterocycles. The van der Waals surface area contributed by atoms with E-state index in [1.807, 2.05) is 0 Å². The van der Waals surface area contributed by atoms with Gasteiger partial charge in [-0.05, 0) is 45.4 Å². The number of rotatable bonds is 8. The zero-order valence-electron chi connectivity index (χ0n) is 10.7. The van der Waals surface area contributed by atoms with E-state index in [-0.39, 0.29) is 0 Å². The van der Waals surface area contributed by atoms with Crippen LogP contribution in [0, 0.1) is 5.92 Å². The Kier molecular flexibility index (Phi) is 7.76. The number of piperidine rings is 1. The highest BCUT2D eigenvalue weighted by molar-refractivity contribution is 4.71. The van der Waals surface area contributed by atoms with Gasteiger partial charge < -0.3 is 19.7 Å². The maximum absolute atomic E-state index is 5.38. The van der Waals surface area contributed by atoms with Crippen molar-refractivity contribution >= 4 is 0 Å². The second-order valence-corrected chi connectivity index (χ2v) is 4.56. The van der Waals surface area contributed by atoms with E-state index in [1.54, 1.807) is 7.11 Å². The third kappa shape index (κ3) is 6.43. The van der Waals surface area contributed by atoms with Gasteiger partial charge in [-0.3, -0.25) is 0 Å². The van der Waals surface area contributed by atoms with Crippen molar-refractivity contribution in [1.82, 2.24) is 10.2 Å². The first kappa shape index (κ1) is 13.9. The quantitative estimate of drug-likeness (QED) is 0.619. The second-order valence-electron chi connectivity index (χ2n) is 4.56. The molecule has 0 amide bonds. The van der Waals surface area contributed by atoms with Crippen LogP contribution in [0.15, 0.2) is 0 Å². The molecule has 4 heteroatoms. The Balaban J connectivity index is 1.84. The summed E-state index contributed by atoms with van der Waals surface area (Å²) in [5, 5.41) is 3.46. The maximum Gasteiger partial charge on any atom is 0.0700 e. The summed E-state index contributed by atoms with van der Waals surface area (Å²) in [7, 11) is 3.90. The molecular formula is C12H26N2O2. The summed E-state index contributed by atoms with van der Waals surface area (Å²) in [6, 6.07) is 0. The van der Waals surface area contributed by atoms with E-state index >= 15 is 0 Å². The number of nitrogens with zero attached hydrogens (tertiary/aromatic N) is 1. The summed E-state index contributed by atoms with van der Waals surface area (Å²) in [6.07, 6.45) is 2.65. The van der Waals surface area contributed by atoms with Crippen LogP contribution in [0.4, 0.5) is 0 Å².